The van der Waals surface area contributed by atoms with Crippen LogP contribution < -0.4 is 4.74 Å². The van der Waals surface area contributed by atoms with Gasteiger partial charge in [-0.15, -0.1) is 0 Å². The molecule has 0 aliphatic carbocycles. The van der Waals surface area contributed by atoms with Crippen molar-refractivity contribution in [1.29, 1.82) is 0 Å². The van der Waals surface area contributed by atoms with Gasteiger partial charge in [0.15, 0.2) is 5.78 Å². The Morgan fingerprint density at radius 2 is 2.11 bits per heavy atom. The van der Waals surface area contributed by atoms with Crippen molar-refractivity contribution in [1.82, 2.24) is 0 Å². The number of thioether (sulfide) groups is 1. The molecule has 0 aromatic heterocycles. The minimum atomic E-state index is -4.46. The van der Waals surface area contributed by atoms with E-state index in [-0.39, 0.29) is 46.8 Å². The Morgan fingerprint density at radius 1 is 1.42 bits per heavy atom. The maximum absolute atomic E-state index is 12.6. The first-order valence-electron chi connectivity index (χ1n) is 5.49. The maximum Gasteiger partial charge on any atom is 0.446 e. The molecule has 0 saturated carbocycles. The van der Waals surface area contributed by atoms with E-state index in [0.29, 0.717) is 5.33 Å². The number of alkyl halides is 4. The largest absolute Gasteiger partial charge is 0.493 e. The van der Waals surface area contributed by atoms with Crippen molar-refractivity contribution in [3.63, 3.8) is 0 Å². The Balaban J connectivity index is 3.21. The molecule has 106 valence electrons. The Bertz CT molecular complexity index is 449. The molecule has 1 rings (SSSR count). The number of rotatable bonds is 6. The van der Waals surface area contributed by atoms with Crippen molar-refractivity contribution in [2.45, 2.75) is 23.7 Å². The number of hydrogen-bond acceptors (Lipinski definition) is 3. The third-order valence-electron chi connectivity index (χ3n) is 2.12. The quantitative estimate of drug-likeness (QED) is 0.421. The number of Topliss-reactive ketones (excluding diaryl/α,β-unsaturated/α-hetero) is 1. The molecule has 19 heavy (non-hydrogen) atoms. The van der Waals surface area contributed by atoms with E-state index in [1.807, 2.05) is 0 Å². The van der Waals surface area contributed by atoms with E-state index < -0.39 is 5.51 Å². The molecule has 7 heteroatoms. The first-order chi connectivity index (χ1) is 8.89. The molecule has 0 atom stereocenters. The van der Waals surface area contributed by atoms with Crippen LogP contribution in [0.5, 0.6) is 5.75 Å². The molecule has 0 radical (unpaired) electrons. The SMILES string of the molecule is CCOc1cccc(C(=O)CCBr)c1SC(F)(F)F. The van der Waals surface area contributed by atoms with E-state index in [1.165, 1.54) is 18.2 Å². The van der Waals surface area contributed by atoms with E-state index in [2.05, 4.69) is 15.9 Å². The molecule has 0 fully saturated rings. The summed E-state index contributed by atoms with van der Waals surface area (Å²) in [6.07, 6.45) is 0.140. The number of carbonyl (C=O) groups excluding carboxylic acids is 1. The molecule has 0 saturated heterocycles. The summed E-state index contributed by atoms with van der Waals surface area (Å²) < 4.78 is 42.9. The second kappa shape index (κ2) is 7.19. The van der Waals surface area contributed by atoms with Crippen molar-refractivity contribution in [2.24, 2.45) is 0 Å². The normalized spacial score (nSPS) is 11.4. The number of ether oxygens (including phenoxy) is 1. The van der Waals surface area contributed by atoms with Crippen molar-refractivity contribution in [3.05, 3.63) is 23.8 Å². The van der Waals surface area contributed by atoms with E-state index in [9.17, 15) is 18.0 Å². The molecule has 0 N–H and O–H groups in total. The van der Waals surface area contributed by atoms with Crippen molar-refractivity contribution in [3.8, 4) is 5.75 Å². The predicted molar refractivity (Wildman–Crippen MR) is 72.3 cm³/mol. The van der Waals surface area contributed by atoms with Gasteiger partial charge in [0.1, 0.15) is 5.75 Å². The Hall–Kier alpha value is -0.690. The monoisotopic (exact) mass is 356 g/mol. The number of carbonyl (C=O) groups is 1. The fourth-order valence-electron chi connectivity index (χ4n) is 1.45. The zero-order valence-electron chi connectivity index (χ0n) is 10.1. The Labute approximate surface area is 121 Å². The molecular weight excluding hydrogens is 345 g/mol. The van der Waals surface area contributed by atoms with E-state index in [1.54, 1.807) is 6.92 Å². The van der Waals surface area contributed by atoms with Crippen molar-refractivity contribution in [2.75, 3.05) is 11.9 Å². The molecule has 0 heterocycles. The average molecular weight is 357 g/mol. The highest BCUT2D eigenvalue weighted by atomic mass is 79.9. The third-order valence-corrected chi connectivity index (χ3v) is 3.37. The third kappa shape index (κ3) is 5.06. The summed E-state index contributed by atoms with van der Waals surface area (Å²) in [4.78, 5) is 11.7. The standard InChI is InChI=1S/C12H12BrF3O2S/c1-2-18-10-5-3-4-8(9(17)6-7-13)11(10)19-12(14,15)16/h3-5H,2,6-7H2,1H3. The van der Waals surface area contributed by atoms with Crippen LogP contribution in [-0.2, 0) is 0 Å². The number of benzene rings is 1. The van der Waals surface area contributed by atoms with Crippen LogP contribution in [-0.4, -0.2) is 23.2 Å². The second-order valence-electron chi connectivity index (χ2n) is 3.48. The van der Waals surface area contributed by atoms with Gasteiger partial charge in [0, 0.05) is 17.3 Å². The van der Waals surface area contributed by atoms with Crippen LogP contribution in [0.1, 0.15) is 23.7 Å². The summed E-state index contributed by atoms with van der Waals surface area (Å²) in [5.41, 5.74) is -4.41. The molecule has 0 spiro atoms. The van der Waals surface area contributed by atoms with Crippen LogP contribution in [0.3, 0.4) is 0 Å². The van der Waals surface area contributed by atoms with Crippen LogP contribution in [0.2, 0.25) is 0 Å². The van der Waals surface area contributed by atoms with Gasteiger partial charge in [0.05, 0.1) is 11.5 Å². The summed E-state index contributed by atoms with van der Waals surface area (Å²) in [6, 6.07) is 4.34. The van der Waals surface area contributed by atoms with Crippen LogP contribution in [0.25, 0.3) is 0 Å². The number of hydrogen-bond donors (Lipinski definition) is 0. The van der Waals surface area contributed by atoms with E-state index >= 15 is 0 Å². The summed E-state index contributed by atoms with van der Waals surface area (Å²) >= 11 is 2.79. The Morgan fingerprint density at radius 3 is 2.63 bits per heavy atom. The van der Waals surface area contributed by atoms with E-state index in [0.717, 1.165) is 0 Å². The average Bonchev–Trinajstić information content (AvgIpc) is 2.30. The van der Waals surface area contributed by atoms with Gasteiger partial charge in [-0.1, -0.05) is 22.0 Å². The highest BCUT2D eigenvalue weighted by Gasteiger charge is 2.33. The van der Waals surface area contributed by atoms with Gasteiger partial charge in [-0.3, -0.25) is 4.79 Å². The van der Waals surface area contributed by atoms with Gasteiger partial charge < -0.3 is 4.74 Å². The maximum atomic E-state index is 12.6. The summed E-state index contributed by atoms with van der Waals surface area (Å²) in [5.74, 6) is -0.254. The minimum absolute atomic E-state index is 0.0488. The topological polar surface area (TPSA) is 26.3 Å². The van der Waals surface area contributed by atoms with Crippen molar-refractivity contribution >= 4 is 33.5 Å². The lowest BCUT2D eigenvalue weighted by Crippen LogP contribution is -2.08. The lowest BCUT2D eigenvalue weighted by atomic mass is 10.1. The number of halogens is 4. The van der Waals surface area contributed by atoms with Crippen LogP contribution in [0.15, 0.2) is 23.1 Å². The van der Waals surface area contributed by atoms with E-state index in [4.69, 9.17) is 4.74 Å². The smallest absolute Gasteiger partial charge is 0.446 e. The summed E-state index contributed by atoms with van der Waals surface area (Å²) in [5, 5.41) is 0.404. The first kappa shape index (κ1) is 16.4. The summed E-state index contributed by atoms with van der Waals surface area (Å²) in [7, 11) is 0. The van der Waals surface area contributed by atoms with Gasteiger partial charge >= 0.3 is 5.51 Å². The molecule has 0 amide bonds. The lowest BCUT2D eigenvalue weighted by molar-refractivity contribution is -0.0329. The zero-order chi connectivity index (χ0) is 14.5. The van der Waals surface area contributed by atoms with Crippen LogP contribution >= 0.6 is 27.7 Å². The lowest BCUT2D eigenvalue weighted by Gasteiger charge is -2.15. The van der Waals surface area contributed by atoms with Gasteiger partial charge in [-0.2, -0.15) is 13.2 Å². The molecule has 0 bridgehead atoms. The second-order valence-corrected chi connectivity index (χ2v) is 5.34. The first-order valence-corrected chi connectivity index (χ1v) is 7.43. The van der Waals surface area contributed by atoms with Gasteiger partial charge in [0.25, 0.3) is 0 Å². The molecule has 0 aliphatic heterocycles. The van der Waals surface area contributed by atoms with Gasteiger partial charge in [-0.05, 0) is 30.8 Å². The molecule has 2 nitrogen and oxygen atoms in total. The van der Waals surface area contributed by atoms with Gasteiger partial charge in [0.2, 0.25) is 0 Å². The summed E-state index contributed by atoms with van der Waals surface area (Å²) in [6.45, 7) is 1.91. The predicted octanol–water partition coefficient (Wildman–Crippen LogP) is 4.66. The fraction of sp³-hybridized carbons (Fsp3) is 0.417. The fourth-order valence-corrected chi connectivity index (χ4v) is 2.56. The van der Waals surface area contributed by atoms with Gasteiger partial charge in [-0.25, -0.2) is 0 Å². The number of ketones is 1. The highest BCUT2D eigenvalue weighted by Crippen LogP contribution is 2.43. The molecule has 1 aromatic rings. The van der Waals surface area contributed by atoms with Crippen molar-refractivity contribution < 1.29 is 22.7 Å². The highest BCUT2D eigenvalue weighted by molar-refractivity contribution is 9.09. The molecule has 0 unspecified atom stereocenters. The molecule has 0 aliphatic rings. The minimum Gasteiger partial charge on any atom is -0.493 e. The molecular formula is C12H12BrF3O2S. The molecule has 1 aromatic carbocycles. The zero-order valence-corrected chi connectivity index (χ0v) is 12.5. The van der Waals surface area contributed by atoms with Crippen LogP contribution in [0.4, 0.5) is 13.2 Å². The Kier molecular flexibility index (Phi) is 6.19. The van der Waals surface area contributed by atoms with Crippen LogP contribution in [0, 0.1) is 0 Å².